The highest BCUT2D eigenvalue weighted by molar-refractivity contribution is 9.10. The molecule has 0 aliphatic heterocycles. The Morgan fingerprint density at radius 2 is 2.27 bits per heavy atom. The number of nitrogens with one attached hydrogen (secondary N) is 1. The fourth-order valence-corrected chi connectivity index (χ4v) is 4.20. The monoisotopic (exact) mass is 361 g/mol. The van der Waals surface area contributed by atoms with Gasteiger partial charge in [-0.25, -0.2) is 4.98 Å². The van der Waals surface area contributed by atoms with Crippen molar-refractivity contribution in [1.29, 1.82) is 0 Å². The molecule has 6 heteroatoms. The molecular weight excluding hydrogens is 346 g/mol. The van der Waals surface area contributed by atoms with Crippen molar-refractivity contribution in [3.05, 3.63) is 34.7 Å². The summed E-state index contributed by atoms with van der Waals surface area (Å²) in [6, 6.07) is 3.63. The summed E-state index contributed by atoms with van der Waals surface area (Å²) < 4.78 is 0.773. The third-order valence-corrected chi connectivity index (χ3v) is 5.74. The minimum Gasteiger partial charge on any atom is -0.396 e. The van der Waals surface area contributed by atoms with Crippen molar-refractivity contribution in [3.63, 3.8) is 0 Å². The number of halogens is 1. The van der Waals surface area contributed by atoms with Gasteiger partial charge in [0.25, 0.3) is 5.91 Å². The van der Waals surface area contributed by atoms with E-state index in [-0.39, 0.29) is 24.0 Å². The topological polar surface area (TPSA) is 75.1 Å². The van der Waals surface area contributed by atoms with Crippen molar-refractivity contribution in [1.82, 2.24) is 15.3 Å². The van der Waals surface area contributed by atoms with E-state index in [0.29, 0.717) is 11.6 Å². The Bertz CT molecular complexity index is 762. The van der Waals surface area contributed by atoms with E-state index >= 15 is 0 Å². The number of aliphatic hydroxyl groups is 1. The van der Waals surface area contributed by atoms with Crippen molar-refractivity contribution in [2.75, 3.05) is 6.61 Å². The largest absolute Gasteiger partial charge is 0.396 e. The van der Waals surface area contributed by atoms with Gasteiger partial charge in [-0.15, -0.1) is 0 Å². The normalized spacial score (nSPS) is 29.4. The zero-order chi connectivity index (χ0) is 15.3. The molecule has 2 aromatic heterocycles. The Hall–Kier alpha value is -1.53. The van der Waals surface area contributed by atoms with Crippen LogP contribution in [0.25, 0.3) is 10.9 Å². The van der Waals surface area contributed by atoms with Crippen LogP contribution in [0, 0.1) is 11.3 Å². The van der Waals surface area contributed by atoms with Crippen LogP contribution < -0.4 is 5.32 Å². The van der Waals surface area contributed by atoms with E-state index < -0.39 is 0 Å². The summed E-state index contributed by atoms with van der Waals surface area (Å²) in [5.41, 5.74) is 1.06. The summed E-state index contributed by atoms with van der Waals surface area (Å²) in [6.07, 6.45) is 6.45. The smallest absolute Gasteiger partial charge is 0.270 e. The summed E-state index contributed by atoms with van der Waals surface area (Å²) in [5, 5.41) is 13.6. The van der Waals surface area contributed by atoms with Crippen LogP contribution in [0.15, 0.2) is 29.0 Å². The molecule has 4 rings (SSSR count). The minimum absolute atomic E-state index is 0.0633. The number of fused-ring (bicyclic) bond motifs is 2. The SMILES string of the molecule is O=C(NC1CCC2CC21CO)c1ccc2cncc(Br)c2n1. The summed E-state index contributed by atoms with van der Waals surface area (Å²) in [7, 11) is 0. The van der Waals surface area contributed by atoms with E-state index in [0.717, 1.165) is 34.6 Å². The molecule has 1 amide bonds. The molecule has 22 heavy (non-hydrogen) atoms. The summed E-state index contributed by atoms with van der Waals surface area (Å²) >= 11 is 3.41. The van der Waals surface area contributed by atoms with Crippen molar-refractivity contribution < 1.29 is 9.90 Å². The Labute approximate surface area is 136 Å². The summed E-state index contributed by atoms with van der Waals surface area (Å²) in [4.78, 5) is 21.0. The van der Waals surface area contributed by atoms with Crippen molar-refractivity contribution >= 4 is 32.7 Å². The first-order valence-electron chi connectivity index (χ1n) is 7.46. The molecule has 2 aliphatic carbocycles. The lowest BCUT2D eigenvalue weighted by Gasteiger charge is -2.22. The average molecular weight is 362 g/mol. The number of rotatable bonds is 3. The molecule has 2 aliphatic rings. The second-order valence-electron chi connectivity index (χ2n) is 6.29. The maximum atomic E-state index is 12.5. The fourth-order valence-electron chi connectivity index (χ4n) is 3.76. The molecule has 2 fully saturated rings. The lowest BCUT2D eigenvalue weighted by atomic mass is 9.99. The molecule has 0 bridgehead atoms. The van der Waals surface area contributed by atoms with Gasteiger partial charge in [-0.1, -0.05) is 0 Å². The van der Waals surface area contributed by atoms with Gasteiger partial charge in [-0.3, -0.25) is 9.78 Å². The second-order valence-corrected chi connectivity index (χ2v) is 7.14. The zero-order valence-corrected chi connectivity index (χ0v) is 13.5. The zero-order valence-electron chi connectivity index (χ0n) is 11.9. The number of amides is 1. The molecule has 0 aromatic carbocycles. The van der Waals surface area contributed by atoms with Crippen molar-refractivity contribution in [2.24, 2.45) is 11.3 Å². The van der Waals surface area contributed by atoms with Crippen LogP contribution in [0.3, 0.4) is 0 Å². The van der Waals surface area contributed by atoms with Gasteiger partial charge in [0, 0.05) is 29.2 Å². The highest BCUT2D eigenvalue weighted by atomic mass is 79.9. The molecule has 0 spiro atoms. The van der Waals surface area contributed by atoms with E-state index in [4.69, 9.17) is 0 Å². The number of hydrogen-bond acceptors (Lipinski definition) is 4. The Morgan fingerprint density at radius 1 is 1.41 bits per heavy atom. The molecule has 114 valence electrons. The van der Waals surface area contributed by atoms with Gasteiger partial charge in [-0.2, -0.15) is 0 Å². The summed E-state index contributed by atoms with van der Waals surface area (Å²) in [5.74, 6) is 0.406. The lowest BCUT2D eigenvalue weighted by molar-refractivity contribution is 0.0893. The molecule has 3 atom stereocenters. The molecular formula is C16H16BrN3O2. The first-order valence-corrected chi connectivity index (χ1v) is 8.25. The van der Waals surface area contributed by atoms with E-state index in [1.54, 1.807) is 18.5 Å². The van der Waals surface area contributed by atoms with Gasteiger partial charge in [-0.05, 0) is 53.2 Å². The Kier molecular flexibility index (Phi) is 3.20. The van der Waals surface area contributed by atoms with Crippen LogP contribution in [0.4, 0.5) is 0 Å². The van der Waals surface area contributed by atoms with E-state index in [2.05, 4.69) is 31.2 Å². The van der Waals surface area contributed by atoms with Crippen LogP contribution in [-0.4, -0.2) is 33.6 Å². The van der Waals surface area contributed by atoms with Crippen LogP contribution >= 0.6 is 15.9 Å². The Balaban J connectivity index is 1.59. The van der Waals surface area contributed by atoms with Crippen LogP contribution in [-0.2, 0) is 0 Å². The number of carbonyl (C=O) groups excluding carboxylic acids is 1. The van der Waals surface area contributed by atoms with Gasteiger partial charge < -0.3 is 10.4 Å². The van der Waals surface area contributed by atoms with Gasteiger partial charge in [0.15, 0.2) is 0 Å². The van der Waals surface area contributed by atoms with Crippen molar-refractivity contribution in [3.8, 4) is 0 Å². The lowest BCUT2D eigenvalue weighted by Crippen LogP contribution is -2.41. The number of hydrogen-bond donors (Lipinski definition) is 2. The number of pyridine rings is 2. The maximum absolute atomic E-state index is 12.5. The summed E-state index contributed by atoms with van der Waals surface area (Å²) in [6.45, 7) is 0.158. The average Bonchev–Trinajstić information content (AvgIpc) is 3.17. The quantitative estimate of drug-likeness (QED) is 0.879. The molecule has 2 saturated carbocycles. The molecule has 3 unspecified atom stereocenters. The maximum Gasteiger partial charge on any atom is 0.270 e. The van der Waals surface area contributed by atoms with Crippen LogP contribution in [0.2, 0.25) is 0 Å². The van der Waals surface area contributed by atoms with E-state index in [1.807, 2.05) is 6.07 Å². The molecule has 0 saturated heterocycles. The first-order chi connectivity index (χ1) is 10.6. The number of nitrogens with zero attached hydrogens (tertiary/aromatic N) is 2. The predicted octanol–water partition coefficient (Wildman–Crippen LogP) is 2.28. The van der Waals surface area contributed by atoms with Gasteiger partial charge in [0.05, 0.1) is 16.6 Å². The van der Waals surface area contributed by atoms with Crippen LogP contribution in [0.5, 0.6) is 0 Å². The van der Waals surface area contributed by atoms with E-state index in [1.165, 1.54) is 0 Å². The van der Waals surface area contributed by atoms with E-state index in [9.17, 15) is 9.90 Å². The van der Waals surface area contributed by atoms with Gasteiger partial charge in [0.1, 0.15) is 5.69 Å². The standard InChI is InChI=1S/C16H16BrN3O2/c17-11-7-18-6-9-1-3-12(19-14(9)11)15(22)20-13-4-2-10-5-16(10,13)8-21/h1,3,6-7,10,13,21H,2,4-5,8H2,(H,20,22). The highest BCUT2D eigenvalue weighted by Gasteiger charge is 2.62. The first kappa shape index (κ1) is 14.1. The highest BCUT2D eigenvalue weighted by Crippen LogP contribution is 2.63. The third kappa shape index (κ3) is 2.05. The third-order valence-electron chi connectivity index (χ3n) is 5.16. The van der Waals surface area contributed by atoms with Crippen molar-refractivity contribution in [2.45, 2.75) is 25.3 Å². The molecule has 2 N–H and O–H groups in total. The van der Waals surface area contributed by atoms with Gasteiger partial charge in [0.2, 0.25) is 0 Å². The second kappa shape index (κ2) is 4.99. The fraction of sp³-hybridized carbons (Fsp3) is 0.438. The molecule has 2 heterocycles. The number of aromatic nitrogens is 2. The minimum atomic E-state index is -0.170. The van der Waals surface area contributed by atoms with Gasteiger partial charge >= 0.3 is 0 Å². The molecule has 5 nitrogen and oxygen atoms in total. The Morgan fingerprint density at radius 3 is 3.05 bits per heavy atom. The number of aliphatic hydroxyl groups excluding tert-OH is 1. The predicted molar refractivity (Wildman–Crippen MR) is 85.4 cm³/mol. The van der Waals surface area contributed by atoms with Crippen LogP contribution in [0.1, 0.15) is 29.8 Å². The molecule has 2 aromatic rings. The number of carbonyl (C=O) groups is 1. The molecule has 0 radical (unpaired) electrons.